The summed E-state index contributed by atoms with van der Waals surface area (Å²) in [6, 6.07) is 0. The highest BCUT2D eigenvalue weighted by Gasteiger charge is 1.99. The van der Waals surface area contributed by atoms with Crippen molar-refractivity contribution in [3.8, 4) is 0 Å². The van der Waals surface area contributed by atoms with Gasteiger partial charge in [-0.2, -0.15) is 0 Å². The molecule has 0 rings (SSSR count). The zero-order chi connectivity index (χ0) is 10.1. The van der Waals surface area contributed by atoms with Gasteiger partial charge in [-0.25, -0.2) is 0 Å². The lowest BCUT2D eigenvalue weighted by atomic mass is 10.2. The first kappa shape index (κ1) is 12.9. The lowest BCUT2D eigenvalue weighted by Crippen LogP contribution is -2.27. The van der Waals surface area contributed by atoms with Gasteiger partial charge >= 0.3 is 0 Å². The third-order valence-electron chi connectivity index (χ3n) is 1.50. The second-order valence-corrected chi connectivity index (χ2v) is 4.71. The molecule has 78 valence electrons. The standard InChI is InChI=1S/C8H16ClNO2S/c1-13(12)7-6-10-8(11)4-2-3-5-9/h2-7H2,1H3,(H,10,11). The van der Waals surface area contributed by atoms with E-state index in [1.54, 1.807) is 6.26 Å². The molecule has 0 aromatic carbocycles. The van der Waals surface area contributed by atoms with E-state index >= 15 is 0 Å². The third-order valence-corrected chi connectivity index (χ3v) is 2.55. The second-order valence-electron chi connectivity index (χ2n) is 2.77. The maximum absolute atomic E-state index is 11.0. The molecule has 0 bridgehead atoms. The zero-order valence-electron chi connectivity index (χ0n) is 7.85. The van der Waals surface area contributed by atoms with Crippen LogP contribution in [0, 0.1) is 0 Å². The van der Waals surface area contributed by atoms with Crippen LogP contribution in [0.5, 0.6) is 0 Å². The highest BCUT2D eigenvalue weighted by Crippen LogP contribution is 1.96. The molecular weight excluding hydrogens is 210 g/mol. The second kappa shape index (κ2) is 8.51. The number of hydrogen-bond donors (Lipinski definition) is 1. The summed E-state index contributed by atoms with van der Waals surface area (Å²) in [4.78, 5) is 11.0. The summed E-state index contributed by atoms with van der Waals surface area (Å²) >= 11 is 5.46. The van der Waals surface area contributed by atoms with Gasteiger partial charge in [0.2, 0.25) is 5.91 Å². The van der Waals surface area contributed by atoms with E-state index in [4.69, 9.17) is 11.6 Å². The average molecular weight is 226 g/mol. The molecule has 0 saturated carbocycles. The fraction of sp³-hybridized carbons (Fsp3) is 0.875. The number of hydrogen-bond acceptors (Lipinski definition) is 2. The van der Waals surface area contributed by atoms with Gasteiger partial charge in [0, 0.05) is 41.7 Å². The van der Waals surface area contributed by atoms with Gasteiger partial charge in [0.15, 0.2) is 0 Å². The molecule has 3 nitrogen and oxygen atoms in total. The zero-order valence-corrected chi connectivity index (χ0v) is 9.42. The smallest absolute Gasteiger partial charge is 0.220 e. The normalized spacial score (nSPS) is 12.5. The molecule has 0 aliphatic rings. The monoisotopic (exact) mass is 225 g/mol. The maximum Gasteiger partial charge on any atom is 0.220 e. The van der Waals surface area contributed by atoms with Crippen molar-refractivity contribution in [1.29, 1.82) is 0 Å². The summed E-state index contributed by atoms with van der Waals surface area (Å²) in [6.45, 7) is 0.503. The molecule has 5 heteroatoms. The molecule has 1 atom stereocenters. The number of alkyl halides is 1. The molecule has 1 amide bonds. The van der Waals surface area contributed by atoms with Gasteiger partial charge in [0.25, 0.3) is 0 Å². The van der Waals surface area contributed by atoms with Crippen molar-refractivity contribution in [3.63, 3.8) is 0 Å². The van der Waals surface area contributed by atoms with Crippen LogP contribution >= 0.6 is 11.6 Å². The summed E-state index contributed by atoms with van der Waals surface area (Å²) in [5.41, 5.74) is 0. The Hall–Kier alpha value is -0.0900. The van der Waals surface area contributed by atoms with Gasteiger partial charge in [-0.15, -0.1) is 11.6 Å². The van der Waals surface area contributed by atoms with E-state index in [0.717, 1.165) is 12.8 Å². The highest BCUT2D eigenvalue weighted by molar-refractivity contribution is 7.84. The first-order valence-electron chi connectivity index (χ1n) is 4.29. The Labute approximate surface area is 86.7 Å². The maximum atomic E-state index is 11.0. The van der Waals surface area contributed by atoms with Crippen LogP contribution in [0.25, 0.3) is 0 Å². The summed E-state index contributed by atoms with van der Waals surface area (Å²) in [7, 11) is -0.825. The van der Waals surface area contributed by atoms with Crippen LogP contribution < -0.4 is 5.32 Å². The summed E-state index contributed by atoms with van der Waals surface area (Å²) in [5.74, 6) is 1.16. The molecule has 1 unspecified atom stereocenters. The van der Waals surface area contributed by atoms with Crippen molar-refractivity contribution in [2.45, 2.75) is 19.3 Å². The van der Waals surface area contributed by atoms with Gasteiger partial charge in [-0.05, 0) is 12.8 Å². The largest absolute Gasteiger partial charge is 0.355 e. The molecule has 0 fully saturated rings. The van der Waals surface area contributed by atoms with E-state index in [0.29, 0.717) is 24.6 Å². The number of carbonyl (C=O) groups is 1. The van der Waals surface area contributed by atoms with E-state index < -0.39 is 10.8 Å². The molecule has 0 saturated heterocycles. The van der Waals surface area contributed by atoms with E-state index in [9.17, 15) is 9.00 Å². The number of unbranched alkanes of at least 4 members (excludes halogenated alkanes) is 1. The van der Waals surface area contributed by atoms with Crippen molar-refractivity contribution < 1.29 is 9.00 Å². The van der Waals surface area contributed by atoms with E-state index in [2.05, 4.69) is 5.32 Å². The fourth-order valence-corrected chi connectivity index (χ4v) is 1.38. The Kier molecular flexibility index (Phi) is 8.45. The summed E-state index contributed by atoms with van der Waals surface area (Å²) in [6.07, 6.45) is 3.84. The molecule has 1 N–H and O–H groups in total. The van der Waals surface area contributed by atoms with Crippen LogP contribution in [0.1, 0.15) is 19.3 Å². The van der Waals surface area contributed by atoms with E-state index in [1.807, 2.05) is 0 Å². The van der Waals surface area contributed by atoms with Crippen LogP contribution in [-0.4, -0.2) is 34.5 Å². The fourth-order valence-electron chi connectivity index (χ4n) is 0.803. The predicted octanol–water partition coefficient (Wildman–Crippen LogP) is 0.890. The minimum Gasteiger partial charge on any atom is -0.355 e. The topological polar surface area (TPSA) is 46.2 Å². The van der Waals surface area contributed by atoms with Gasteiger partial charge in [-0.1, -0.05) is 0 Å². The Morgan fingerprint density at radius 3 is 2.69 bits per heavy atom. The van der Waals surface area contributed by atoms with Crippen molar-refractivity contribution in [2.75, 3.05) is 24.4 Å². The number of nitrogens with one attached hydrogen (secondary N) is 1. The molecule has 0 aliphatic carbocycles. The average Bonchev–Trinajstić information content (AvgIpc) is 2.04. The Morgan fingerprint density at radius 1 is 1.46 bits per heavy atom. The van der Waals surface area contributed by atoms with Crippen LogP contribution in [0.2, 0.25) is 0 Å². The molecule has 0 aromatic rings. The SMILES string of the molecule is CS(=O)CCNC(=O)CCCCCl. The van der Waals surface area contributed by atoms with Crippen LogP contribution in [0.15, 0.2) is 0 Å². The molecule has 0 radical (unpaired) electrons. The van der Waals surface area contributed by atoms with Crippen LogP contribution in [0.4, 0.5) is 0 Å². The van der Waals surface area contributed by atoms with Gasteiger partial charge < -0.3 is 5.32 Å². The van der Waals surface area contributed by atoms with Crippen molar-refractivity contribution in [3.05, 3.63) is 0 Å². The first-order chi connectivity index (χ1) is 6.16. The third kappa shape index (κ3) is 9.83. The predicted molar refractivity (Wildman–Crippen MR) is 56.5 cm³/mol. The van der Waals surface area contributed by atoms with E-state index in [1.165, 1.54) is 0 Å². The minimum atomic E-state index is -0.825. The summed E-state index contributed by atoms with van der Waals surface area (Å²) < 4.78 is 10.6. The Bertz CT molecular complexity index is 176. The highest BCUT2D eigenvalue weighted by atomic mass is 35.5. The Balaban J connectivity index is 3.25. The van der Waals surface area contributed by atoms with Crippen molar-refractivity contribution in [2.24, 2.45) is 0 Å². The van der Waals surface area contributed by atoms with Gasteiger partial charge in [-0.3, -0.25) is 9.00 Å². The number of amides is 1. The number of rotatable bonds is 7. The number of carbonyl (C=O) groups excluding carboxylic acids is 1. The van der Waals surface area contributed by atoms with Crippen molar-refractivity contribution >= 4 is 28.3 Å². The number of halogens is 1. The van der Waals surface area contributed by atoms with Crippen molar-refractivity contribution in [1.82, 2.24) is 5.32 Å². The lowest BCUT2D eigenvalue weighted by Gasteiger charge is -2.02. The van der Waals surface area contributed by atoms with Crippen LogP contribution in [0.3, 0.4) is 0 Å². The van der Waals surface area contributed by atoms with E-state index in [-0.39, 0.29) is 5.91 Å². The minimum absolute atomic E-state index is 0.0237. The molecule has 0 aromatic heterocycles. The van der Waals surface area contributed by atoms with Gasteiger partial charge in [0.05, 0.1) is 0 Å². The quantitative estimate of drug-likeness (QED) is 0.517. The Morgan fingerprint density at radius 2 is 2.15 bits per heavy atom. The van der Waals surface area contributed by atoms with Crippen LogP contribution in [-0.2, 0) is 15.6 Å². The lowest BCUT2D eigenvalue weighted by molar-refractivity contribution is -0.121. The molecular formula is C8H16ClNO2S. The summed E-state index contributed by atoms with van der Waals surface area (Å²) in [5, 5.41) is 2.70. The molecule has 0 spiro atoms. The molecule has 0 heterocycles. The van der Waals surface area contributed by atoms with Gasteiger partial charge in [0.1, 0.15) is 0 Å². The first-order valence-corrected chi connectivity index (χ1v) is 6.55. The molecule has 13 heavy (non-hydrogen) atoms. The molecule has 0 aliphatic heterocycles.